The number of benzene rings is 1. The summed E-state index contributed by atoms with van der Waals surface area (Å²) in [7, 11) is 1.67. The van der Waals surface area contributed by atoms with Gasteiger partial charge in [0, 0.05) is 12.5 Å². The van der Waals surface area contributed by atoms with Gasteiger partial charge < -0.3 is 10.1 Å². The maximum Gasteiger partial charge on any atom is 0.223 e. The lowest BCUT2D eigenvalue weighted by atomic mass is 10.1. The summed E-state index contributed by atoms with van der Waals surface area (Å²) in [6, 6.07) is 8.07. The van der Waals surface area contributed by atoms with Gasteiger partial charge in [-0.05, 0) is 36.5 Å². The molecule has 0 aromatic heterocycles. The summed E-state index contributed by atoms with van der Waals surface area (Å²) < 4.78 is 5.15. The zero-order valence-electron chi connectivity index (χ0n) is 12.5. The Morgan fingerprint density at radius 2 is 2.00 bits per heavy atom. The molecule has 1 saturated carbocycles. The Morgan fingerprint density at radius 3 is 2.65 bits per heavy atom. The number of rotatable bonds is 8. The lowest BCUT2D eigenvalue weighted by Crippen LogP contribution is -2.26. The van der Waals surface area contributed by atoms with Gasteiger partial charge in [0.1, 0.15) is 5.75 Å². The molecule has 1 aliphatic carbocycles. The summed E-state index contributed by atoms with van der Waals surface area (Å²) in [4.78, 5) is 12.0. The first-order valence-electron chi connectivity index (χ1n) is 7.68. The highest BCUT2D eigenvalue weighted by Gasteiger charge is 2.43. The Morgan fingerprint density at radius 1 is 1.25 bits per heavy atom. The zero-order valence-corrected chi connectivity index (χ0v) is 12.5. The number of ether oxygens (including phenoxy) is 1. The molecule has 110 valence electrons. The lowest BCUT2D eigenvalue weighted by Gasteiger charge is -2.05. The molecule has 3 heteroatoms. The van der Waals surface area contributed by atoms with E-state index < -0.39 is 0 Å². The van der Waals surface area contributed by atoms with Gasteiger partial charge >= 0.3 is 0 Å². The van der Waals surface area contributed by atoms with Crippen molar-refractivity contribution in [2.24, 2.45) is 5.92 Å². The average molecular weight is 275 g/mol. The number of amides is 1. The molecule has 2 unspecified atom stereocenters. The van der Waals surface area contributed by atoms with Crippen molar-refractivity contribution < 1.29 is 9.53 Å². The molecular formula is C17H25NO2. The average Bonchev–Trinajstić information content (AvgIpc) is 3.27. The van der Waals surface area contributed by atoms with Gasteiger partial charge in [-0.3, -0.25) is 4.79 Å². The van der Waals surface area contributed by atoms with Crippen LogP contribution in [-0.4, -0.2) is 19.6 Å². The topological polar surface area (TPSA) is 38.3 Å². The van der Waals surface area contributed by atoms with Crippen LogP contribution in [0.1, 0.15) is 50.5 Å². The van der Waals surface area contributed by atoms with E-state index in [4.69, 9.17) is 4.74 Å². The zero-order chi connectivity index (χ0) is 14.4. The number of methoxy groups -OCH3 is 1. The summed E-state index contributed by atoms with van der Waals surface area (Å²) in [5.41, 5.74) is 1.25. The van der Waals surface area contributed by atoms with Gasteiger partial charge in [0.25, 0.3) is 0 Å². The number of nitrogens with one attached hydrogen (secondary N) is 1. The molecule has 0 heterocycles. The number of hydrogen-bond acceptors (Lipinski definition) is 2. The van der Waals surface area contributed by atoms with Crippen LogP contribution in [-0.2, 0) is 4.79 Å². The molecule has 1 N–H and O–H groups in total. The van der Waals surface area contributed by atoms with Crippen molar-refractivity contribution in [2.45, 2.75) is 44.9 Å². The van der Waals surface area contributed by atoms with E-state index in [1.807, 2.05) is 12.1 Å². The quantitative estimate of drug-likeness (QED) is 0.737. The third-order valence-corrected chi connectivity index (χ3v) is 4.00. The second kappa shape index (κ2) is 7.32. The number of hydrogen-bond donors (Lipinski definition) is 1. The predicted octanol–water partition coefficient (Wildman–Crippen LogP) is 3.50. The Hall–Kier alpha value is -1.51. The van der Waals surface area contributed by atoms with E-state index in [0.29, 0.717) is 5.92 Å². The van der Waals surface area contributed by atoms with Crippen molar-refractivity contribution in [3.05, 3.63) is 29.8 Å². The van der Waals surface area contributed by atoms with Gasteiger partial charge in [0.05, 0.1) is 7.11 Å². The molecule has 1 aromatic rings. The largest absolute Gasteiger partial charge is 0.497 e. The van der Waals surface area contributed by atoms with Crippen LogP contribution in [0.5, 0.6) is 5.75 Å². The molecule has 0 bridgehead atoms. The van der Waals surface area contributed by atoms with Crippen LogP contribution in [0.25, 0.3) is 0 Å². The van der Waals surface area contributed by atoms with Crippen LogP contribution in [0.3, 0.4) is 0 Å². The molecule has 2 atom stereocenters. The highest BCUT2D eigenvalue weighted by atomic mass is 16.5. The molecule has 0 saturated heterocycles. The highest BCUT2D eigenvalue weighted by Crippen LogP contribution is 2.47. The first-order chi connectivity index (χ1) is 9.76. The number of unbranched alkanes of at least 4 members (excludes halogenated alkanes) is 3. The fourth-order valence-electron chi connectivity index (χ4n) is 2.60. The van der Waals surface area contributed by atoms with Crippen LogP contribution in [0, 0.1) is 5.92 Å². The van der Waals surface area contributed by atoms with E-state index in [1.54, 1.807) is 7.11 Å². The monoisotopic (exact) mass is 275 g/mol. The van der Waals surface area contributed by atoms with E-state index in [0.717, 1.165) is 25.1 Å². The lowest BCUT2D eigenvalue weighted by molar-refractivity contribution is -0.122. The van der Waals surface area contributed by atoms with Gasteiger partial charge in [-0.2, -0.15) is 0 Å². The summed E-state index contributed by atoms with van der Waals surface area (Å²) in [6.07, 6.45) is 5.78. The molecule has 1 aromatic carbocycles. The van der Waals surface area contributed by atoms with E-state index >= 15 is 0 Å². The minimum Gasteiger partial charge on any atom is -0.497 e. The standard InChI is InChI=1S/C17H25NO2/c1-3-4-5-6-11-18-17(19)16-12-15(16)13-7-9-14(20-2)10-8-13/h7-10,15-16H,3-6,11-12H2,1-2H3,(H,18,19). The number of carbonyl (C=O) groups excluding carboxylic acids is 1. The molecule has 20 heavy (non-hydrogen) atoms. The fourth-order valence-corrected chi connectivity index (χ4v) is 2.60. The summed E-state index contributed by atoms with van der Waals surface area (Å²) in [5.74, 6) is 1.67. The third-order valence-electron chi connectivity index (χ3n) is 4.00. The van der Waals surface area contributed by atoms with E-state index in [1.165, 1.54) is 24.8 Å². The first-order valence-corrected chi connectivity index (χ1v) is 7.68. The fraction of sp³-hybridized carbons (Fsp3) is 0.588. The number of carbonyl (C=O) groups is 1. The molecule has 1 fully saturated rings. The molecule has 1 amide bonds. The second-order valence-corrected chi connectivity index (χ2v) is 5.57. The Labute approximate surface area is 121 Å². The maximum atomic E-state index is 12.0. The van der Waals surface area contributed by atoms with Gasteiger partial charge in [-0.25, -0.2) is 0 Å². The first kappa shape index (κ1) is 14.9. The highest BCUT2D eigenvalue weighted by molar-refractivity contribution is 5.82. The van der Waals surface area contributed by atoms with Gasteiger partial charge in [0.15, 0.2) is 0 Å². The van der Waals surface area contributed by atoms with Crippen LogP contribution in [0.4, 0.5) is 0 Å². The van der Waals surface area contributed by atoms with Crippen molar-refractivity contribution in [1.82, 2.24) is 5.32 Å². The molecule has 0 aliphatic heterocycles. The van der Waals surface area contributed by atoms with Crippen molar-refractivity contribution in [1.29, 1.82) is 0 Å². The molecule has 3 nitrogen and oxygen atoms in total. The van der Waals surface area contributed by atoms with Gasteiger partial charge in [-0.15, -0.1) is 0 Å². The van der Waals surface area contributed by atoms with Crippen molar-refractivity contribution in [3.63, 3.8) is 0 Å². The van der Waals surface area contributed by atoms with Crippen molar-refractivity contribution >= 4 is 5.91 Å². The van der Waals surface area contributed by atoms with Crippen molar-refractivity contribution in [3.8, 4) is 5.75 Å². The van der Waals surface area contributed by atoms with E-state index in [-0.39, 0.29) is 11.8 Å². The Balaban J connectivity index is 1.71. The van der Waals surface area contributed by atoms with Crippen molar-refractivity contribution in [2.75, 3.05) is 13.7 Å². The summed E-state index contributed by atoms with van der Waals surface area (Å²) in [6.45, 7) is 3.02. The maximum absolute atomic E-state index is 12.0. The molecule has 1 aliphatic rings. The van der Waals surface area contributed by atoms with Gasteiger partial charge in [-0.1, -0.05) is 38.3 Å². The Bertz CT molecular complexity index is 427. The van der Waals surface area contributed by atoms with Crippen LogP contribution in [0.15, 0.2) is 24.3 Å². The van der Waals surface area contributed by atoms with Crippen LogP contribution < -0.4 is 10.1 Å². The smallest absolute Gasteiger partial charge is 0.223 e. The molecule has 0 radical (unpaired) electrons. The summed E-state index contributed by atoms with van der Waals surface area (Å²) >= 11 is 0. The molecular weight excluding hydrogens is 250 g/mol. The predicted molar refractivity (Wildman–Crippen MR) is 81.0 cm³/mol. The van der Waals surface area contributed by atoms with Crippen LogP contribution in [0.2, 0.25) is 0 Å². The SMILES string of the molecule is CCCCCCNC(=O)C1CC1c1ccc(OC)cc1. The van der Waals surface area contributed by atoms with Crippen LogP contribution >= 0.6 is 0 Å². The minimum absolute atomic E-state index is 0.176. The molecule has 0 spiro atoms. The summed E-state index contributed by atoms with van der Waals surface area (Å²) in [5, 5.41) is 3.06. The van der Waals surface area contributed by atoms with Gasteiger partial charge in [0.2, 0.25) is 5.91 Å². The third kappa shape index (κ3) is 3.99. The minimum atomic E-state index is 0.176. The normalized spacial score (nSPS) is 20.5. The second-order valence-electron chi connectivity index (χ2n) is 5.57. The molecule has 2 rings (SSSR count). The van der Waals surface area contributed by atoms with E-state index in [9.17, 15) is 4.79 Å². The Kier molecular flexibility index (Phi) is 5.45. The van der Waals surface area contributed by atoms with E-state index in [2.05, 4.69) is 24.4 Å².